The van der Waals surface area contributed by atoms with Gasteiger partial charge in [0.1, 0.15) is 5.69 Å². The third-order valence-electron chi connectivity index (χ3n) is 6.10. The molecule has 0 spiro atoms. The van der Waals surface area contributed by atoms with Gasteiger partial charge in [0.15, 0.2) is 0 Å². The van der Waals surface area contributed by atoms with Gasteiger partial charge in [-0.15, -0.1) is 0 Å². The zero-order valence-electron chi connectivity index (χ0n) is 18.6. The predicted molar refractivity (Wildman–Crippen MR) is 124 cm³/mol. The molecule has 33 heavy (non-hydrogen) atoms. The average molecular weight is 446 g/mol. The molecule has 170 valence electrons. The summed E-state index contributed by atoms with van der Waals surface area (Å²) in [4.78, 5) is 43.8. The summed E-state index contributed by atoms with van der Waals surface area (Å²) in [6.45, 7) is 3.22. The van der Waals surface area contributed by atoms with Crippen molar-refractivity contribution in [3.05, 3.63) is 82.5 Å². The number of amides is 2. The van der Waals surface area contributed by atoms with Crippen LogP contribution in [0.15, 0.2) is 65.7 Å². The molecule has 4 rings (SSSR count). The summed E-state index contributed by atoms with van der Waals surface area (Å²) in [7, 11) is 0. The molecule has 0 saturated carbocycles. The fourth-order valence-electron chi connectivity index (χ4n) is 4.53. The van der Waals surface area contributed by atoms with E-state index in [-0.39, 0.29) is 29.6 Å². The minimum Gasteiger partial charge on any atom is -0.356 e. The Morgan fingerprint density at radius 3 is 2.73 bits per heavy atom. The molecule has 0 unspecified atom stereocenters. The Hall–Kier alpha value is -3.81. The number of nitrogens with zero attached hydrogens (tertiary/aromatic N) is 3. The predicted octanol–water partition coefficient (Wildman–Crippen LogP) is 2.43. The van der Waals surface area contributed by atoms with Crippen molar-refractivity contribution >= 4 is 11.8 Å². The van der Waals surface area contributed by atoms with Crippen molar-refractivity contribution in [2.24, 2.45) is 5.41 Å². The summed E-state index contributed by atoms with van der Waals surface area (Å²) in [5.41, 5.74) is 2.07. The molecular formula is C25H27N5O3. The number of benzene rings is 1. The van der Waals surface area contributed by atoms with Crippen molar-refractivity contribution < 1.29 is 9.59 Å². The van der Waals surface area contributed by atoms with Crippen LogP contribution in [0.5, 0.6) is 0 Å². The van der Waals surface area contributed by atoms with E-state index in [4.69, 9.17) is 0 Å². The van der Waals surface area contributed by atoms with Crippen LogP contribution in [0.1, 0.15) is 35.8 Å². The van der Waals surface area contributed by atoms with Gasteiger partial charge < -0.3 is 10.2 Å². The highest BCUT2D eigenvalue weighted by atomic mass is 16.2. The van der Waals surface area contributed by atoms with Crippen molar-refractivity contribution in [1.29, 1.82) is 0 Å². The number of carbonyl (C=O) groups is 2. The SMILES string of the molecule is CCNC(=O)[C@]1(Cc2ccccc2-c2cccnc2)CCCN(C(=O)c2ccc(=O)[nH]n2)C1. The van der Waals surface area contributed by atoms with Gasteiger partial charge in [-0.25, -0.2) is 5.10 Å². The second-order valence-electron chi connectivity index (χ2n) is 8.35. The van der Waals surface area contributed by atoms with Crippen molar-refractivity contribution in [3.63, 3.8) is 0 Å². The van der Waals surface area contributed by atoms with E-state index in [1.54, 1.807) is 11.1 Å². The van der Waals surface area contributed by atoms with Gasteiger partial charge in [0, 0.05) is 43.7 Å². The largest absolute Gasteiger partial charge is 0.356 e. The second kappa shape index (κ2) is 9.77. The number of hydrogen-bond donors (Lipinski definition) is 2. The maximum atomic E-state index is 13.4. The van der Waals surface area contributed by atoms with E-state index < -0.39 is 5.41 Å². The number of hydrogen-bond acceptors (Lipinski definition) is 5. The lowest BCUT2D eigenvalue weighted by atomic mass is 9.73. The van der Waals surface area contributed by atoms with E-state index in [0.29, 0.717) is 32.4 Å². The first kappa shape index (κ1) is 22.4. The first-order valence-corrected chi connectivity index (χ1v) is 11.1. The third-order valence-corrected chi connectivity index (χ3v) is 6.10. The molecule has 3 heterocycles. The molecule has 3 aromatic rings. The molecule has 0 aliphatic carbocycles. The van der Waals surface area contributed by atoms with E-state index in [2.05, 4.69) is 20.5 Å². The van der Waals surface area contributed by atoms with Crippen LogP contribution in [0.4, 0.5) is 0 Å². The molecule has 2 aromatic heterocycles. The highest BCUT2D eigenvalue weighted by Gasteiger charge is 2.44. The summed E-state index contributed by atoms with van der Waals surface area (Å²) in [5, 5.41) is 9.18. The fourth-order valence-corrected chi connectivity index (χ4v) is 4.53. The summed E-state index contributed by atoms with van der Waals surface area (Å²) < 4.78 is 0. The van der Waals surface area contributed by atoms with Crippen LogP contribution in [0.25, 0.3) is 11.1 Å². The second-order valence-corrected chi connectivity index (χ2v) is 8.35. The lowest BCUT2D eigenvalue weighted by Gasteiger charge is -2.42. The van der Waals surface area contributed by atoms with Gasteiger partial charge in [0.25, 0.3) is 11.5 Å². The molecule has 1 aliphatic rings. The zero-order valence-corrected chi connectivity index (χ0v) is 18.6. The Morgan fingerprint density at radius 2 is 2.00 bits per heavy atom. The Kier molecular flexibility index (Phi) is 6.63. The molecule has 0 bridgehead atoms. The Labute approximate surface area is 192 Å². The summed E-state index contributed by atoms with van der Waals surface area (Å²) >= 11 is 0. The van der Waals surface area contributed by atoms with Gasteiger partial charge >= 0.3 is 0 Å². The quantitative estimate of drug-likeness (QED) is 0.606. The van der Waals surface area contributed by atoms with E-state index in [1.165, 1.54) is 12.1 Å². The van der Waals surface area contributed by atoms with E-state index in [1.807, 2.05) is 49.5 Å². The number of pyridine rings is 1. The van der Waals surface area contributed by atoms with Crippen LogP contribution in [0.3, 0.4) is 0 Å². The molecule has 0 radical (unpaired) electrons. The standard InChI is InChI=1S/C25H27N5O3/c1-2-27-24(33)25(15-18-7-3-4-9-20(18)19-8-5-13-26-16-19)12-6-14-30(17-25)23(32)21-10-11-22(31)29-28-21/h3-5,7-11,13,16H,2,6,12,14-15,17H2,1H3,(H,27,33)(H,29,31)/t25-/m0/s1. The van der Waals surface area contributed by atoms with Gasteiger partial charge in [0.2, 0.25) is 5.91 Å². The molecule has 1 fully saturated rings. The first-order chi connectivity index (χ1) is 16.0. The number of piperidine rings is 1. The van der Waals surface area contributed by atoms with Crippen LogP contribution >= 0.6 is 0 Å². The van der Waals surface area contributed by atoms with Crippen molar-refractivity contribution in [2.45, 2.75) is 26.2 Å². The van der Waals surface area contributed by atoms with E-state index in [0.717, 1.165) is 16.7 Å². The number of nitrogens with one attached hydrogen (secondary N) is 2. The topological polar surface area (TPSA) is 108 Å². The Balaban J connectivity index is 1.68. The van der Waals surface area contributed by atoms with Gasteiger partial charge in [-0.05, 0) is 49.4 Å². The number of carbonyl (C=O) groups excluding carboxylic acids is 2. The van der Waals surface area contributed by atoms with E-state index >= 15 is 0 Å². The number of aromatic nitrogens is 3. The Morgan fingerprint density at radius 1 is 1.15 bits per heavy atom. The van der Waals surface area contributed by atoms with Crippen LogP contribution < -0.4 is 10.9 Å². The van der Waals surface area contributed by atoms with Gasteiger partial charge in [0.05, 0.1) is 5.41 Å². The Bertz CT molecular complexity index is 1170. The molecule has 1 saturated heterocycles. The molecule has 2 amide bonds. The molecule has 8 heteroatoms. The molecule has 1 aromatic carbocycles. The van der Waals surface area contributed by atoms with Crippen LogP contribution in [-0.4, -0.2) is 51.5 Å². The number of likely N-dealkylation sites (tertiary alicyclic amines) is 1. The van der Waals surface area contributed by atoms with Gasteiger partial charge in [-0.3, -0.25) is 19.4 Å². The normalized spacial score (nSPS) is 18.0. The minimum atomic E-state index is -0.773. The highest BCUT2D eigenvalue weighted by Crippen LogP contribution is 2.37. The van der Waals surface area contributed by atoms with Crippen molar-refractivity contribution in [2.75, 3.05) is 19.6 Å². The summed E-state index contributed by atoms with van der Waals surface area (Å²) in [6.07, 6.45) is 5.41. The number of H-pyrrole nitrogens is 1. The maximum absolute atomic E-state index is 13.4. The molecule has 1 aliphatic heterocycles. The van der Waals surface area contributed by atoms with Crippen LogP contribution in [0.2, 0.25) is 0 Å². The van der Waals surface area contributed by atoms with Gasteiger partial charge in [-0.2, -0.15) is 5.10 Å². The number of rotatable bonds is 6. The smallest absolute Gasteiger partial charge is 0.274 e. The van der Waals surface area contributed by atoms with E-state index in [9.17, 15) is 14.4 Å². The zero-order chi connectivity index (χ0) is 23.3. The number of aromatic amines is 1. The average Bonchev–Trinajstić information content (AvgIpc) is 2.85. The lowest BCUT2D eigenvalue weighted by molar-refractivity contribution is -0.133. The fraction of sp³-hybridized carbons (Fsp3) is 0.320. The van der Waals surface area contributed by atoms with Crippen molar-refractivity contribution in [1.82, 2.24) is 25.4 Å². The maximum Gasteiger partial charge on any atom is 0.274 e. The van der Waals surface area contributed by atoms with Crippen LogP contribution in [-0.2, 0) is 11.2 Å². The van der Waals surface area contributed by atoms with Crippen molar-refractivity contribution in [3.8, 4) is 11.1 Å². The monoisotopic (exact) mass is 445 g/mol. The third kappa shape index (κ3) is 4.84. The molecule has 8 nitrogen and oxygen atoms in total. The molecule has 1 atom stereocenters. The highest BCUT2D eigenvalue weighted by molar-refractivity contribution is 5.93. The first-order valence-electron chi connectivity index (χ1n) is 11.1. The lowest BCUT2D eigenvalue weighted by Crippen LogP contribution is -2.54. The van der Waals surface area contributed by atoms with Gasteiger partial charge in [-0.1, -0.05) is 30.3 Å². The minimum absolute atomic E-state index is 0.0575. The van der Waals surface area contributed by atoms with Crippen LogP contribution in [0, 0.1) is 5.41 Å². The summed E-state index contributed by atoms with van der Waals surface area (Å²) in [5.74, 6) is -0.349. The molecule has 2 N–H and O–H groups in total. The summed E-state index contributed by atoms with van der Waals surface area (Å²) in [6, 6.07) is 14.6. The molecular weight excluding hydrogens is 418 g/mol.